The van der Waals surface area contributed by atoms with E-state index >= 15 is 0 Å². The molecule has 0 saturated carbocycles. The van der Waals surface area contributed by atoms with Crippen LogP contribution in [0.25, 0.3) is 11.4 Å². The first kappa shape index (κ1) is 17.6. The zero-order valence-electron chi connectivity index (χ0n) is 15.5. The van der Waals surface area contributed by atoms with Crippen molar-refractivity contribution in [1.82, 2.24) is 15.0 Å². The fourth-order valence-corrected chi connectivity index (χ4v) is 3.63. The van der Waals surface area contributed by atoms with E-state index in [0.717, 1.165) is 42.6 Å². The van der Waals surface area contributed by atoms with Gasteiger partial charge >= 0.3 is 0 Å². The number of Topliss-reactive ketones (excluding diaryl/α,β-unsaturated/α-hetero) is 1. The minimum Gasteiger partial charge on any atom is -0.338 e. The molecule has 1 aliphatic heterocycles. The predicted octanol–water partition coefficient (Wildman–Crippen LogP) is 4.14. The first-order chi connectivity index (χ1) is 13.2. The standard InChI is InChI=1S/C22H23N3O2/c1-16-7-5-6-10-19(16)22-23-20(27-24-22)15-25-13-11-18(12-14-25)21(26)17-8-3-2-4-9-17/h2-10,18H,11-15H2,1H3. The van der Waals surface area contributed by atoms with Crippen LogP contribution in [-0.4, -0.2) is 33.9 Å². The van der Waals surface area contributed by atoms with Crippen LogP contribution in [0.3, 0.4) is 0 Å². The smallest absolute Gasteiger partial charge is 0.241 e. The third-order valence-electron chi connectivity index (χ3n) is 5.23. The molecule has 1 aliphatic rings. The lowest BCUT2D eigenvalue weighted by atomic mass is 9.89. The summed E-state index contributed by atoms with van der Waals surface area (Å²) in [6, 6.07) is 17.6. The molecule has 0 amide bonds. The highest BCUT2D eigenvalue weighted by Gasteiger charge is 2.26. The van der Waals surface area contributed by atoms with Gasteiger partial charge in [0.15, 0.2) is 5.78 Å². The Bertz CT molecular complexity index is 912. The average molecular weight is 361 g/mol. The SMILES string of the molecule is Cc1ccccc1-c1noc(CN2CCC(C(=O)c3ccccc3)CC2)n1. The van der Waals surface area contributed by atoms with Crippen molar-refractivity contribution in [2.24, 2.45) is 5.92 Å². The maximum absolute atomic E-state index is 12.6. The van der Waals surface area contributed by atoms with Crippen molar-refractivity contribution in [2.45, 2.75) is 26.3 Å². The van der Waals surface area contributed by atoms with Crippen LogP contribution >= 0.6 is 0 Å². The number of nitrogens with zero attached hydrogens (tertiary/aromatic N) is 3. The molecule has 2 aromatic carbocycles. The zero-order valence-corrected chi connectivity index (χ0v) is 15.5. The van der Waals surface area contributed by atoms with Crippen molar-refractivity contribution in [3.8, 4) is 11.4 Å². The zero-order chi connectivity index (χ0) is 18.6. The van der Waals surface area contributed by atoms with E-state index in [9.17, 15) is 4.79 Å². The molecule has 0 aliphatic carbocycles. The number of rotatable bonds is 5. The Kier molecular flexibility index (Phi) is 5.12. The number of carbonyl (C=O) groups excluding carboxylic acids is 1. The third kappa shape index (κ3) is 3.98. The highest BCUT2D eigenvalue weighted by molar-refractivity contribution is 5.97. The number of aromatic nitrogens is 2. The number of piperidine rings is 1. The molecule has 5 nitrogen and oxygen atoms in total. The summed E-state index contributed by atoms with van der Waals surface area (Å²) >= 11 is 0. The van der Waals surface area contributed by atoms with Crippen LogP contribution in [0, 0.1) is 12.8 Å². The molecule has 2 heterocycles. The van der Waals surface area contributed by atoms with E-state index in [0.29, 0.717) is 18.3 Å². The van der Waals surface area contributed by atoms with E-state index in [1.165, 1.54) is 0 Å². The van der Waals surface area contributed by atoms with Crippen LogP contribution in [0.15, 0.2) is 59.1 Å². The monoisotopic (exact) mass is 361 g/mol. The van der Waals surface area contributed by atoms with Gasteiger partial charge in [0.2, 0.25) is 11.7 Å². The summed E-state index contributed by atoms with van der Waals surface area (Å²) in [7, 11) is 0. The number of benzene rings is 2. The number of hydrogen-bond acceptors (Lipinski definition) is 5. The Balaban J connectivity index is 1.35. The van der Waals surface area contributed by atoms with Gasteiger partial charge in [0, 0.05) is 17.0 Å². The van der Waals surface area contributed by atoms with E-state index in [-0.39, 0.29) is 11.7 Å². The maximum atomic E-state index is 12.6. The van der Waals surface area contributed by atoms with Gasteiger partial charge in [-0.05, 0) is 38.4 Å². The van der Waals surface area contributed by atoms with E-state index in [1.807, 2.05) is 61.5 Å². The number of hydrogen-bond donors (Lipinski definition) is 0. The Morgan fingerprint density at radius 2 is 1.78 bits per heavy atom. The van der Waals surface area contributed by atoms with Gasteiger partial charge in [-0.3, -0.25) is 9.69 Å². The second-order valence-electron chi connectivity index (χ2n) is 7.11. The second kappa shape index (κ2) is 7.84. The number of aryl methyl sites for hydroxylation is 1. The van der Waals surface area contributed by atoms with Crippen LogP contribution in [0.2, 0.25) is 0 Å². The maximum Gasteiger partial charge on any atom is 0.241 e. The van der Waals surface area contributed by atoms with Gasteiger partial charge in [0.05, 0.1) is 6.54 Å². The first-order valence-corrected chi connectivity index (χ1v) is 9.41. The molecule has 4 rings (SSSR count). The minimum atomic E-state index is 0.105. The Hall–Kier alpha value is -2.79. The summed E-state index contributed by atoms with van der Waals surface area (Å²) in [5.41, 5.74) is 2.94. The van der Waals surface area contributed by atoms with Crippen LogP contribution in [0.4, 0.5) is 0 Å². The molecule has 0 atom stereocenters. The van der Waals surface area contributed by atoms with E-state index in [1.54, 1.807) is 0 Å². The molecule has 1 aromatic heterocycles. The van der Waals surface area contributed by atoms with E-state index in [2.05, 4.69) is 15.0 Å². The number of likely N-dealkylation sites (tertiary alicyclic amines) is 1. The fraction of sp³-hybridized carbons (Fsp3) is 0.318. The molecule has 5 heteroatoms. The third-order valence-corrected chi connectivity index (χ3v) is 5.23. The Labute approximate surface area is 159 Å². The normalized spacial score (nSPS) is 15.7. The highest BCUT2D eigenvalue weighted by Crippen LogP contribution is 2.24. The summed E-state index contributed by atoms with van der Waals surface area (Å²) in [4.78, 5) is 19.4. The van der Waals surface area contributed by atoms with Crippen LogP contribution in [-0.2, 0) is 6.54 Å². The Morgan fingerprint density at radius 3 is 2.52 bits per heavy atom. The average Bonchev–Trinajstić information content (AvgIpc) is 3.17. The lowest BCUT2D eigenvalue weighted by Gasteiger charge is -2.30. The largest absolute Gasteiger partial charge is 0.338 e. The first-order valence-electron chi connectivity index (χ1n) is 9.41. The van der Waals surface area contributed by atoms with Crippen LogP contribution < -0.4 is 0 Å². The van der Waals surface area contributed by atoms with Gasteiger partial charge in [-0.25, -0.2) is 0 Å². The molecule has 0 radical (unpaired) electrons. The molecule has 27 heavy (non-hydrogen) atoms. The van der Waals surface area contributed by atoms with Gasteiger partial charge in [-0.15, -0.1) is 0 Å². The van der Waals surface area contributed by atoms with Gasteiger partial charge in [-0.2, -0.15) is 4.98 Å². The Morgan fingerprint density at radius 1 is 1.07 bits per heavy atom. The quantitative estimate of drug-likeness (QED) is 0.639. The number of carbonyl (C=O) groups is 1. The van der Waals surface area contributed by atoms with Crippen LogP contribution in [0.1, 0.15) is 34.7 Å². The van der Waals surface area contributed by atoms with Crippen molar-refractivity contribution in [3.63, 3.8) is 0 Å². The van der Waals surface area contributed by atoms with Crippen molar-refractivity contribution in [3.05, 3.63) is 71.6 Å². The topological polar surface area (TPSA) is 59.2 Å². The summed E-state index contributed by atoms with van der Waals surface area (Å²) in [5, 5.41) is 4.13. The molecular formula is C22H23N3O2. The van der Waals surface area contributed by atoms with Crippen molar-refractivity contribution < 1.29 is 9.32 Å². The molecule has 1 saturated heterocycles. The minimum absolute atomic E-state index is 0.105. The summed E-state index contributed by atoms with van der Waals surface area (Å²) in [5.74, 6) is 1.63. The molecule has 138 valence electrons. The molecule has 0 N–H and O–H groups in total. The van der Waals surface area contributed by atoms with Crippen molar-refractivity contribution >= 4 is 5.78 Å². The van der Waals surface area contributed by atoms with Gasteiger partial charge < -0.3 is 4.52 Å². The molecule has 0 bridgehead atoms. The number of ketones is 1. The van der Waals surface area contributed by atoms with Gasteiger partial charge in [0.25, 0.3) is 0 Å². The lowest BCUT2D eigenvalue weighted by Crippen LogP contribution is -2.36. The fourth-order valence-electron chi connectivity index (χ4n) is 3.63. The van der Waals surface area contributed by atoms with E-state index < -0.39 is 0 Å². The molecule has 1 fully saturated rings. The van der Waals surface area contributed by atoms with Crippen LogP contribution in [0.5, 0.6) is 0 Å². The molecule has 0 spiro atoms. The summed E-state index contributed by atoms with van der Waals surface area (Å²) in [6.07, 6.45) is 1.74. The lowest BCUT2D eigenvalue weighted by molar-refractivity contribution is 0.0825. The van der Waals surface area contributed by atoms with Gasteiger partial charge in [-0.1, -0.05) is 59.8 Å². The summed E-state index contributed by atoms with van der Waals surface area (Å²) < 4.78 is 5.45. The van der Waals surface area contributed by atoms with Crippen molar-refractivity contribution in [2.75, 3.05) is 13.1 Å². The predicted molar refractivity (Wildman–Crippen MR) is 103 cm³/mol. The molecular weight excluding hydrogens is 338 g/mol. The second-order valence-corrected chi connectivity index (χ2v) is 7.11. The van der Waals surface area contributed by atoms with Gasteiger partial charge in [0.1, 0.15) is 0 Å². The van der Waals surface area contributed by atoms with Crippen molar-refractivity contribution in [1.29, 1.82) is 0 Å². The molecule has 3 aromatic rings. The summed E-state index contributed by atoms with van der Waals surface area (Å²) in [6.45, 7) is 4.40. The van der Waals surface area contributed by atoms with E-state index in [4.69, 9.17) is 4.52 Å². The highest BCUT2D eigenvalue weighted by atomic mass is 16.5. The molecule has 0 unspecified atom stereocenters.